The van der Waals surface area contributed by atoms with Crippen LogP contribution >= 0.6 is 0 Å². The summed E-state index contributed by atoms with van der Waals surface area (Å²) in [6.07, 6.45) is 5.72. The maximum absolute atomic E-state index is 12.0. The van der Waals surface area contributed by atoms with Crippen LogP contribution in [0.15, 0.2) is 18.2 Å². The maximum Gasteiger partial charge on any atom is 0.251 e. The first-order chi connectivity index (χ1) is 8.70. The van der Waals surface area contributed by atoms with Crippen LogP contribution in [-0.2, 0) is 0 Å². The molecular weight excluding hydrogens is 230 g/mol. The minimum Gasteiger partial charge on any atom is -0.504 e. The molecule has 0 spiro atoms. The predicted molar refractivity (Wildman–Crippen MR) is 69.0 cm³/mol. The molecule has 18 heavy (non-hydrogen) atoms. The van der Waals surface area contributed by atoms with E-state index in [0.29, 0.717) is 11.3 Å². The van der Waals surface area contributed by atoms with Crippen molar-refractivity contribution < 1.29 is 14.6 Å². The Morgan fingerprint density at radius 1 is 1.33 bits per heavy atom. The van der Waals surface area contributed by atoms with Crippen LogP contribution in [0.25, 0.3) is 0 Å². The molecule has 1 aliphatic rings. The molecule has 0 heterocycles. The van der Waals surface area contributed by atoms with E-state index >= 15 is 0 Å². The monoisotopic (exact) mass is 249 g/mol. The van der Waals surface area contributed by atoms with E-state index in [1.807, 2.05) is 0 Å². The number of benzene rings is 1. The maximum atomic E-state index is 12.0. The highest BCUT2D eigenvalue weighted by atomic mass is 16.5. The summed E-state index contributed by atoms with van der Waals surface area (Å²) >= 11 is 0. The molecule has 4 heteroatoms. The van der Waals surface area contributed by atoms with Crippen LogP contribution in [0, 0.1) is 0 Å². The molecule has 2 N–H and O–H groups in total. The molecule has 1 saturated carbocycles. The zero-order valence-electron chi connectivity index (χ0n) is 10.6. The van der Waals surface area contributed by atoms with Crippen molar-refractivity contribution in [3.8, 4) is 11.5 Å². The van der Waals surface area contributed by atoms with Gasteiger partial charge in [-0.05, 0) is 31.0 Å². The van der Waals surface area contributed by atoms with Gasteiger partial charge in [0.1, 0.15) is 0 Å². The third kappa shape index (κ3) is 2.94. The van der Waals surface area contributed by atoms with E-state index in [-0.39, 0.29) is 17.7 Å². The first kappa shape index (κ1) is 12.7. The van der Waals surface area contributed by atoms with Crippen LogP contribution < -0.4 is 10.1 Å². The standard InChI is InChI=1S/C14H19NO3/c1-18-13-8-7-10(9-12(13)16)14(17)15-11-5-3-2-4-6-11/h7-9,11,16H,2-6H2,1H3,(H,15,17). The van der Waals surface area contributed by atoms with Gasteiger partial charge in [0.05, 0.1) is 7.11 Å². The van der Waals surface area contributed by atoms with Gasteiger partial charge in [-0.15, -0.1) is 0 Å². The molecule has 0 saturated heterocycles. The molecule has 2 rings (SSSR count). The fourth-order valence-electron chi connectivity index (χ4n) is 2.35. The molecule has 4 nitrogen and oxygen atoms in total. The van der Waals surface area contributed by atoms with Crippen molar-refractivity contribution in [3.05, 3.63) is 23.8 Å². The Bertz CT molecular complexity index is 425. The van der Waals surface area contributed by atoms with Crippen molar-refractivity contribution in [2.45, 2.75) is 38.1 Å². The molecule has 0 aliphatic heterocycles. The Kier molecular flexibility index (Phi) is 4.07. The predicted octanol–water partition coefficient (Wildman–Crippen LogP) is 2.46. The van der Waals surface area contributed by atoms with E-state index in [0.717, 1.165) is 12.8 Å². The average molecular weight is 249 g/mol. The summed E-state index contributed by atoms with van der Waals surface area (Å²) in [4.78, 5) is 12.0. The van der Waals surface area contributed by atoms with E-state index < -0.39 is 0 Å². The van der Waals surface area contributed by atoms with Gasteiger partial charge < -0.3 is 15.2 Å². The average Bonchev–Trinajstić information content (AvgIpc) is 2.39. The summed E-state index contributed by atoms with van der Waals surface area (Å²) in [6.45, 7) is 0. The molecular formula is C14H19NO3. The highest BCUT2D eigenvalue weighted by Crippen LogP contribution is 2.26. The number of hydrogen-bond acceptors (Lipinski definition) is 3. The number of nitrogens with one attached hydrogen (secondary N) is 1. The van der Waals surface area contributed by atoms with Gasteiger partial charge in [0.15, 0.2) is 11.5 Å². The SMILES string of the molecule is COc1ccc(C(=O)NC2CCCCC2)cc1O. The second kappa shape index (κ2) is 5.76. The fourth-order valence-corrected chi connectivity index (χ4v) is 2.35. The summed E-state index contributed by atoms with van der Waals surface area (Å²) in [7, 11) is 1.48. The van der Waals surface area contributed by atoms with Crippen LogP contribution in [0.1, 0.15) is 42.5 Å². The van der Waals surface area contributed by atoms with E-state index in [2.05, 4.69) is 5.32 Å². The van der Waals surface area contributed by atoms with Gasteiger partial charge in [-0.1, -0.05) is 19.3 Å². The summed E-state index contributed by atoms with van der Waals surface area (Å²) in [5.74, 6) is 0.248. The quantitative estimate of drug-likeness (QED) is 0.865. The summed E-state index contributed by atoms with van der Waals surface area (Å²) in [5, 5.41) is 12.7. The molecule has 0 atom stereocenters. The molecule has 1 fully saturated rings. The van der Waals surface area contributed by atoms with Gasteiger partial charge in [-0.2, -0.15) is 0 Å². The number of carbonyl (C=O) groups excluding carboxylic acids is 1. The Morgan fingerprint density at radius 3 is 2.67 bits per heavy atom. The minimum absolute atomic E-state index is 0.00575. The third-order valence-corrected chi connectivity index (χ3v) is 3.38. The fraction of sp³-hybridized carbons (Fsp3) is 0.500. The van der Waals surface area contributed by atoms with Crippen molar-refractivity contribution in [2.24, 2.45) is 0 Å². The van der Waals surface area contributed by atoms with Crippen LogP contribution in [0.3, 0.4) is 0 Å². The van der Waals surface area contributed by atoms with Crippen LogP contribution in [-0.4, -0.2) is 24.2 Å². The number of phenolic OH excluding ortho intramolecular Hbond substituents is 1. The van der Waals surface area contributed by atoms with Crippen molar-refractivity contribution >= 4 is 5.91 Å². The van der Waals surface area contributed by atoms with Crippen LogP contribution in [0.2, 0.25) is 0 Å². The minimum atomic E-state index is -0.125. The number of hydrogen-bond donors (Lipinski definition) is 2. The molecule has 0 unspecified atom stereocenters. The van der Waals surface area contributed by atoms with E-state index in [9.17, 15) is 9.90 Å². The normalized spacial score (nSPS) is 16.3. The van der Waals surface area contributed by atoms with Crippen molar-refractivity contribution in [1.29, 1.82) is 0 Å². The number of amides is 1. The summed E-state index contributed by atoms with van der Waals surface area (Å²) in [5.41, 5.74) is 0.471. The molecule has 1 aliphatic carbocycles. The Morgan fingerprint density at radius 2 is 2.06 bits per heavy atom. The van der Waals surface area contributed by atoms with Gasteiger partial charge in [0, 0.05) is 11.6 Å². The topological polar surface area (TPSA) is 58.6 Å². The zero-order chi connectivity index (χ0) is 13.0. The van der Waals surface area contributed by atoms with Crippen molar-refractivity contribution in [2.75, 3.05) is 7.11 Å². The molecule has 0 aromatic heterocycles. The lowest BCUT2D eigenvalue weighted by molar-refractivity contribution is 0.0927. The lowest BCUT2D eigenvalue weighted by atomic mass is 9.95. The molecule has 1 aromatic rings. The molecule has 1 aromatic carbocycles. The number of ether oxygens (including phenoxy) is 1. The zero-order valence-corrected chi connectivity index (χ0v) is 10.6. The molecule has 1 amide bonds. The Balaban J connectivity index is 2.01. The third-order valence-electron chi connectivity index (χ3n) is 3.38. The number of carbonyl (C=O) groups is 1. The van der Waals surface area contributed by atoms with Crippen molar-refractivity contribution in [1.82, 2.24) is 5.32 Å². The van der Waals surface area contributed by atoms with Gasteiger partial charge in [0.25, 0.3) is 5.91 Å². The summed E-state index contributed by atoms with van der Waals surface area (Å²) in [6, 6.07) is 4.98. The first-order valence-electron chi connectivity index (χ1n) is 6.38. The highest BCUT2D eigenvalue weighted by molar-refractivity contribution is 5.95. The second-order valence-corrected chi connectivity index (χ2v) is 4.70. The second-order valence-electron chi connectivity index (χ2n) is 4.70. The number of aromatic hydroxyl groups is 1. The molecule has 0 radical (unpaired) electrons. The van der Waals surface area contributed by atoms with E-state index in [4.69, 9.17) is 4.74 Å². The van der Waals surface area contributed by atoms with Crippen LogP contribution in [0.4, 0.5) is 0 Å². The van der Waals surface area contributed by atoms with Gasteiger partial charge in [0.2, 0.25) is 0 Å². The molecule has 98 valence electrons. The van der Waals surface area contributed by atoms with Crippen molar-refractivity contribution in [3.63, 3.8) is 0 Å². The smallest absolute Gasteiger partial charge is 0.251 e. The first-order valence-corrected chi connectivity index (χ1v) is 6.38. The van der Waals surface area contributed by atoms with E-state index in [1.54, 1.807) is 12.1 Å². The number of rotatable bonds is 3. The Hall–Kier alpha value is -1.71. The largest absolute Gasteiger partial charge is 0.504 e. The number of phenols is 1. The van der Waals surface area contributed by atoms with Crippen LogP contribution in [0.5, 0.6) is 11.5 Å². The molecule has 0 bridgehead atoms. The van der Waals surface area contributed by atoms with E-state index in [1.165, 1.54) is 32.4 Å². The summed E-state index contributed by atoms with van der Waals surface area (Å²) < 4.78 is 4.95. The van der Waals surface area contributed by atoms with Gasteiger partial charge >= 0.3 is 0 Å². The van der Waals surface area contributed by atoms with Gasteiger partial charge in [-0.25, -0.2) is 0 Å². The van der Waals surface area contributed by atoms with Gasteiger partial charge in [-0.3, -0.25) is 4.79 Å². The number of methoxy groups -OCH3 is 1. The lowest BCUT2D eigenvalue weighted by Gasteiger charge is -2.22. The lowest BCUT2D eigenvalue weighted by Crippen LogP contribution is -2.36. The Labute approximate surface area is 107 Å². The highest BCUT2D eigenvalue weighted by Gasteiger charge is 2.17.